The van der Waals surface area contributed by atoms with E-state index in [4.69, 9.17) is 5.11 Å². The summed E-state index contributed by atoms with van der Waals surface area (Å²) in [5.74, 6) is -0.940. The summed E-state index contributed by atoms with van der Waals surface area (Å²) in [6.07, 6.45) is 2.10. The molecular formula is C17H24N2O5S. The number of piperidine rings is 1. The van der Waals surface area contributed by atoms with Crippen LogP contribution in [0.3, 0.4) is 0 Å². The molecule has 1 heterocycles. The number of hydrogen-bond acceptors (Lipinski definition) is 4. The number of carbonyl (C=O) groups is 2. The average Bonchev–Trinajstić information content (AvgIpc) is 2.61. The van der Waals surface area contributed by atoms with Crippen LogP contribution >= 0.6 is 0 Å². The molecule has 8 heteroatoms. The summed E-state index contributed by atoms with van der Waals surface area (Å²) in [5.41, 5.74) is 1.13. The number of amides is 1. The predicted molar refractivity (Wildman–Crippen MR) is 93.9 cm³/mol. The maximum atomic E-state index is 12.1. The minimum absolute atomic E-state index is 0.00481. The van der Waals surface area contributed by atoms with E-state index in [1.54, 1.807) is 19.1 Å². The van der Waals surface area contributed by atoms with Gasteiger partial charge in [-0.15, -0.1) is 0 Å². The second-order valence-electron chi connectivity index (χ2n) is 6.14. The number of hydrogen-bond donors (Lipinski definition) is 2. The molecule has 0 radical (unpaired) electrons. The number of benzene rings is 1. The van der Waals surface area contributed by atoms with Gasteiger partial charge in [-0.2, -0.15) is 0 Å². The van der Waals surface area contributed by atoms with Crippen molar-refractivity contribution in [2.75, 3.05) is 18.8 Å². The van der Waals surface area contributed by atoms with Crippen molar-refractivity contribution in [2.45, 2.75) is 38.6 Å². The van der Waals surface area contributed by atoms with Gasteiger partial charge in [-0.05, 0) is 43.9 Å². The summed E-state index contributed by atoms with van der Waals surface area (Å²) in [6.45, 7) is 2.52. The molecule has 2 rings (SSSR count). The van der Waals surface area contributed by atoms with Gasteiger partial charge in [0.05, 0.1) is 11.3 Å². The van der Waals surface area contributed by atoms with Crippen LogP contribution in [0.25, 0.3) is 0 Å². The Kier molecular flexibility index (Phi) is 6.55. The first kappa shape index (κ1) is 19.4. The van der Waals surface area contributed by atoms with Gasteiger partial charge in [0.25, 0.3) is 0 Å². The number of aryl methyl sites for hydroxylation is 1. The van der Waals surface area contributed by atoms with Crippen LogP contribution in [0.4, 0.5) is 0 Å². The number of carboxylic acid groups (broad SMARTS) is 1. The molecule has 1 aliphatic heterocycles. The van der Waals surface area contributed by atoms with Crippen LogP contribution in [0.5, 0.6) is 0 Å². The lowest BCUT2D eigenvalue weighted by Gasteiger charge is -2.31. The van der Waals surface area contributed by atoms with E-state index in [9.17, 15) is 18.0 Å². The molecule has 0 atom stereocenters. The van der Waals surface area contributed by atoms with Crippen LogP contribution in [0.15, 0.2) is 24.3 Å². The van der Waals surface area contributed by atoms with Gasteiger partial charge in [0.1, 0.15) is 0 Å². The van der Waals surface area contributed by atoms with Crippen LogP contribution in [0.1, 0.15) is 42.1 Å². The Balaban J connectivity index is 1.75. The molecular weight excluding hydrogens is 344 g/mol. The number of carboxylic acids is 1. The lowest BCUT2D eigenvalue weighted by molar-refractivity contribution is -0.122. The molecule has 0 saturated carbocycles. The maximum Gasteiger partial charge on any atom is 0.335 e. The van der Waals surface area contributed by atoms with Crippen molar-refractivity contribution in [1.29, 1.82) is 0 Å². The van der Waals surface area contributed by atoms with Crippen LogP contribution in [0.2, 0.25) is 0 Å². The minimum Gasteiger partial charge on any atom is -0.478 e. The lowest BCUT2D eigenvalue weighted by atomic mass is 10.0. The average molecular weight is 368 g/mol. The fourth-order valence-electron chi connectivity index (χ4n) is 2.83. The van der Waals surface area contributed by atoms with Crippen molar-refractivity contribution in [1.82, 2.24) is 9.62 Å². The number of carbonyl (C=O) groups excluding carboxylic acids is 1. The van der Waals surface area contributed by atoms with E-state index in [1.165, 1.54) is 16.4 Å². The Morgan fingerprint density at radius 1 is 1.20 bits per heavy atom. The highest BCUT2D eigenvalue weighted by molar-refractivity contribution is 7.89. The molecule has 1 aromatic carbocycles. The molecule has 1 fully saturated rings. The Bertz CT molecular complexity index is 707. The van der Waals surface area contributed by atoms with E-state index in [0.717, 1.165) is 5.56 Å². The first-order valence-corrected chi connectivity index (χ1v) is 10.0. The summed E-state index contributed by atoms with van der Waals surface area (Å²) in [6, 6.07) is 6.49. The highest BCUT2D eigenvalue weighted by atomic mass is 32.2. The Labute approximate surface area is 148 Å². The van der Waals surface area contributed by atoms with E-state index in [2.05, 4.69) is 5.32 Å². The zero-order valence-corrected chi connectivity index (χ0v) is 15.1. The summed E-state index contributed by atoms with van der Waals surface area (Å²) in [5, 5.41) is 11.8. The molecule has 2 N–H and O–H groups in total. The molecule has 0 bridgehead atoms. The van der Waals surface area contributed by atoms with E-state index >= 15 is 0 Å². The van der Waals surface area contributed by atoms with Crippen LogP contribution in [-0.2, 0) is 21.2 Å². The van der Waals surface area contributed by atoms with Crippen LogP contribution in [0, 0.1) is 0 Å². The number of aromatic carboxylic acids is 1. The van der Waals surface area contributed by atoms with Crippen molar-refractivity contribution < 1.29 is 23.1 Å². The molecule has 0 aromatic heterocycles. The lowest BCUT2D eigenvalue weighted by Crippen LogP contribution is -2.46. The second-order valence-corrected chi connectivity index (χ2v) is 8.40. The van der Waals surface area contributed by atoms with E-state index in [1.807, 2.05) is 0 Å². The zero-order valence-electron chi connectivity index (χ0n) is 14.3. The fourth-order valence-corrected chi connectivity index (χ4v) is 3.96. The third-order valence-corrected chi connectivity index (χ3v) is 6.30. The maximum absolute atomic E-state index is 12.1. The molecule has 7 nitrogen and oxygen atoms in total. The molecule has 0 aliphatic carbocycles. The number of rotatable bonds is 7. The van der Waals surface area contributed by atoms with E-state index < -0.39 is 16.0 Å². The van der Waals surface area contributed by atoms with Gasteiger partial charge in [-0.25, -0.2) is 17.5 Å². The molecule has 138 valence electrons. The molecule has 1 amide bonds. The summed E-state index contributed by atoms with van der Waals surface area (Å²) < 4.78 is 25.1. The predicted octanol–water partition coefficient (Wildman–Crippen LogP) is 1.25. The largest absolute Gasteiger partial charge is 0.478 e. The third kappa shape index (κ3) is 5.54. The smallest absolute Gasteiger partial charge is 0.335 e. The Morgan fingerprint density at radius 3 is 2.32 bits per heavy atom. The van der Waals surface area contributed by atoms with Gasteiger partial charge in [-0.3, -0.25) is 4.79 Å². The number of nitrogens with one attached hydrogen (secondary N) is 1. The monoisotopic (exact) mass is 368 g/mol. The van der Waals surface area contributed by atoms with Gasteiger partial charge in [0, 0.05) is 25.6 Å². The van der Waals surface area contributed by atoms with Crippen molar-refractivity contribution in [2.24, 2.45) is 0 Å². The molecule has 1 aliphatic rings. The Hall–Kier alpha value is -1.93. The zero-order chi connectivity index (χ0) is 18.4. The highest BCUT2D eigenvalue weighted by Gasteiger charge is 2.27. The summed E-state index contributed by atoms with van der Waals surface area (Å²) >= 11 is 0. The molecule has 25 heavy (non-hydrogen) atoms. The molecule has 0 unspecified atom stereocenters. The first-order chi connectivity index (χ1) is 11.8. The molecule has 0 spiro atoms. The van der Waals surface area contributed by atoms with Gasteiger partial charge >= 0.3 is 5.97 Å². The topological polar surface area (TPSA) is 104 Å². The van der Waals surface area contributed by atoms with E-state index in [-0.39, 0.29) is 23.3 Å². The minimum atomic E-state index is -3.15. The SMILES string of the molecule is CCS(=O)(=O)N1CCC(NC(=O)CCc2ccc(C(=O)O)cc2)CC1. The Morgan fingerprint density at radius 2 is 1.80 bits per heavy atom. The molecule has 1 saturated heterocycles. The normalized spacial score (nSPS) is 16.5. The number of sulfonamides is 1. The number of nitrogens with zero attached hydrogens (tertiary/aromatic N) is 1. The van der Waals surface area contributed by atoms with Crippen LogP contribution in [-0.4, -0.2) is 54.6 Å². The standard InChI is InChI=1S/C17H24N2O5S/c1-2-25(23,24)19-11-9-15(10-12-19)18-16(20)8-5-13-3-6-14(7-4-13)17(21)22/h3-4,6-7,15H,2,5,8-12H2,1H3,(H,18,20)(H,21,22). The summed E-state index contributed by atoms with van der Waals surface area (Å²) in [4.78, 5) is 22.9. The van der Waals surface area contributed by atoms with Gasteiger partial charge in [0.15, 0.2) is 0 Å². The third-order valence-electron chi connectivity index (χ3n) is 4.42. The van der Waals surface area contributed by atoms with Crippen molar-refractivity contribution in [3.05, 3.63) is 35.4 Å². The van der Waals surface area contributed by atoms with Gasteiger partial charge in [-0.1, -0.05) is 12.1 Å². The fraction of sp³-hybridized carbons (Fsp3) is 0.529. The van der Waals surface area contributed by atoms with Crippen molar-refractivity contribution in [3.8, 4) is 0 Å². The van der Waals surface area contributed by atoms with E-state index in [0.29, 0.717) is 38.8 Å². The quantitative estimate of drug-likeness (QED) is 0.754. The van der Waals surface area contributed by atoms with Crippen molar-refractivity contribution >= 4 is 21.9 Å². The highest BCUT2D eigenvalue weighted by Crippen LogP contribution is 2.15. The van der Waals surface area contributed by atoms with Crippen LogP contribution < -0.4 is 5.32 Å². The summed E-state index contributed by atoms with van der Waals surface area (Å²) in [7, 11) is -3.15. The van der Waals surface area contributed by atoms with Gasteiger partial charge in [0.2, 0.25) is 15.9 Å². The van der Waals surface area contributed by atoms with Gasteiger partial charge < -0.3 is 10.4 Å². The van der Waals surface area contributed by atoms with Crippen molar-refractivity contribution in [3.63, 3.8) is 0 Å². The first-order valence-electron chi connectivity index (χ1n) is 8.41. The molecule has 1 aromatic rings. The second kappa shape index (κ2) is 8.44.